The quantitative estimate of drug-likeness (QED) is 0.448. The molecule has 1 aliphatic heterocycles. The summed E-state index contributed by atoms with van der Waals surface area (Å²) >= 11 is 0. The molecule has 1 aromatic carbocycles. The Morgan fingerprint density at radius 1 is 1.03 bits per heavy atom. The maximum absolute atomic E-state index is 13.1. The summed E-state index contributed by atoms with van der Waals surface area (Å²) in [6.07, 6.45) is 8.22. The van der Waals surface area contributed by atoms with E-state index in [1.807, 2.05) is 12.1 Å². The van der Waals surface area contributed by atoms with Crippen molar-refractivity contribution in [1.29, 1.82) is 0 Å². The Morgan fingerprint density at radius 2 is 1.82 bits per heavy atom. The van der Waals surface area contributed by atoms with E-state index in [0.717, 1.165) is 81.3 Å². The minimum Gasteiger partial charge on any atom is -0.369 e. The van der Waals surface area contributed by atoms with Gasteiger partial charge in [-0.2, -0.15) is 5.10 Å². The number of carbonyl (C=O) groups is 1. The number of rotatable bonds is 6. The van der Waals surface area contributed by atoms with Gasteiger partial charge < -0.3 is 20.9 Å². The lowest BCUT2D eigenvalue weighted by atomic mass is 9.96. The zero-order valence-corrected chi connectivity index (χ0v) is 19.2. The minimum atomic E-state index is -0.236. The normalized spacial score (nSPS) is 17.8. The second-order valence-electron chi connectivity index (χ2n) is 9.36. The summed E-state index contributed by atoms with van der Waals surface area (Å²) in [5.74, 6) is 1.99. The van der Waals surface area contributed by atoms with Crippen molar-refractivity contribution < 1.29 is 4.79 Å². The maximum Gasteiger partial charge on any atom is 0.275 e. The fraction of sp³-hybridized carbons (Fsp3) is 0.440. The molecule has 6 rings (SSSR count). The van der Waals surface area contributed by atoms with Gasteiger partial charge in [0.25, 0.3) is 5.91 Å². The standard InChI is InChI=1S/C25H30N8O/c34-25(28-17-7-9-18(10-8-17)33-13-11-26-12-14-33)22-21(15-27-32-22)30-24-19-3-1-2-4-20(19)29-23(31-24)16-5-6-16/h7-10,15-16,26H,1-6,11-14H2,(H,27,32)(H,28,34)(H,29,30,31). The zero-order chi connectivity index (χ0) is 22.9. The molecule has 9 heteroatoms. The van der Waals surface area contributed by atoms with Gasteiger partial charge in [-0.1, -0.05) is 0 Å². The number of carbonyl (C=O) groups excluding carboxylic acids is 1. The van der Waals surface area contributed by atoms with Gasteiger partial charge in [-0.15, -0.1) is 0 Å². The predicted molar refractivity (Wildman–Crippen MR) is 132 cm³/mol. The van der Waals surface area contributed by atoms with E-state index in [1.165, 1.54) is 17.7 Å². The first-order valence-electron chi connectivity index (χ1n) is 12.3. The minimum absolute atomic E-state index is 0.236. The van der Waals surface area contributed by atoms with E-state index in [2.05, 4.69) is 43.2 Å². The molecule has 0 unspecified atom stereocenters. The van der Waals surface area contributed by atoms with E-state index in [9.17, 15) is 4.79 Å². The molecule has 176 valence electrons. The number of fused-ring (bicyclic) bond motifs is 1. The van der Waals surface area contributed by atoms with Crippen molar-refractivity contribution in [3.63, 3.8) is 0 Å². The smallest absolute Gasteiger partial charge is 0.275 e. The number of aromatic amines is 1. The van der Waals surface area contributed by atoms with E-state index in [0.29, 0.717) is 17.3 Å². The monoisotopic (exact) mass is 458 g/mol. The van der Waals surface area contributed by atoms with Crippen molar-refractivity contribution in [3.05, 3.63) is 53.2 Å². The first-order valence-corrected chi connectivity index (χ1v) is 12.3. The molecule has 0 atom stereocenters. The van der Waals surface area contributed by atoms with Crippen molar-refractivity contribution in [2.45, 2.75) is 44.4 Å². The summed E-state index contributed by atoms with van der Waals surface area (Å²) in [4.78, 5) is 25.1. The van der Waals surface area contributed by atoms with Gasteiger partial charge in [0.05, 0.1) is 11.9 Å². The zero-order valence-electron chi connectivity index (χ0n) is 19.2. The van der Waals surface area contributed by atoms with Crippen molar-refractivity contribution in [1.82, 2.24) is 25.5 Å². The molecule has 3 heterocycles. The van der Waals surface area contributed by atoms with Crippen LogP contribution < -0.4 is 20.9 Å². The lowest BCUT2D eigenvalue weighted by molar-refractivity contribution is 0.102. The third kappa shape index (κ3) is 4.35. The fourth-order valence-corrected chi connectivity index (χ4v) is 4.79. The number of aromatic nitrogens is 4. The van der Waals surface area contributed by atoms with Gasteiger partial charge in [0.15, 0.2) is 0 Å². The molecule has 2 fully saturated rings. The second kappa shape index (κ2) is 9.06. The first kappa shape index (κ1) is 21.1. The third-order valence-corrected chi connectivity index (χ3v) is 6.87. The molecule has 1 amide bonds. The highest BCUT2D eigenvalue weighted by atomic mass is 16.2. The number of piperazine rings is 1. The third-order valence-electron chi connectivity index (χ3n) is 6.87. The highest BCUT2D eigenvalue weighted by molar-refractivity contribution is 6.06. The molecule has 2 aromatic heterocycles. The Balaban J connectivity index is 1.19. The number of H-pyrrole nitrogens is 1. The van der Waals surface area contributed by atoms with Crippen LogP contribution in [0.2, 0.25) is 0 Å². The predicted octanol–water partition coefficient (Wildman–Crippen LogP) is 3.36. The number of amides is 1. The molecule has 0 radical (unpaired) electrons. The number of anilines is 4. The number of aryl methyl sites for hydroxylation is 1. The summed E-state index contributed by atoms with van der Waals surface area (Å²) in [6.45, 7) is 3.96. The van der Waals surface area contributed by atoms with Gasteiger partial charge in [-0.3, -0.25) is 9.89 Å². The van der Waals surface area contributed by atoms with Crippen LogP contribution in [0.15, 0.2) is 30.5 Å². The van der Waals surface area contributed by atoms with Crippen LogP contribution >= 0.6 is 0 Å². The van der Waals surface area contributed by atoms with Crippen molar-refractivity contribution >= 4 is 28.8 Å². The summed E-state index contributed by atoms with van der Waals surface area (Å²) in [7, 11) is 0. The molecule has 3 aromatic rings. The Bertz CT molecular complexity index is 1180. The lowest BCUT2D eigenvalue weighted by Gasteiger charge is -2.29. The molecule has 1 saturated carbocycles. The molecule has 4 N–H and O–H groups in total. The Kier molecular flexibility index (Phi) is 5.62. The summed E-state index contributed by atoms with van der Waals surface area (Å²) in [5.41, 5.74) is 5.27. The van der Waals surface area contributed by atoms with Crippen LogP contribution in [0.5, 0.6) is 0 Å². The van der Waals surface area contributed by atoms with E-state index in [4.69, 9.17) is 9.97 Å². The second-order valence-corrected chi connectivity index (χ2v) is 9.36. The van der Waals surface area contributed by atoms with Crippen LogP contribution in [0, 0.1) is 0 Å². The van der Waals surface area contributed by atoms with Crippen molar-refractivity contribution in [3.8, 4) is 0 Å². The number of nitrogens with one attached hydrogen (secondary N) is 4. The molecule has 34 heavy (non-hydrogen) atoms. The Labute approximate surface area is 198 Å². The number of benzene rings is 1. The van der Waals surface area contributed by atoms with Crippen molar-refractivity contribution in [2.75, 3.05) is 41.7 Å². The largest absolute Gasteiger partial charge is 0.369 e. The maximum atomic E-state index is 13.1. The van der Waals surface area contributed by atoms with E-state index in [-0.39, 0.29) is 5.91 Å². The summed E-state index contributed by atoms with van der Waals surface area (Å²) in [6, 6.07) is 8.00. The van der Waals surface area contributed by atoms with Gasteiger partial charge in [0.2, 0.25) is 0 Å². The summed E-state index contributed by atoms with van der Waals surface area (Å²) in [5, 5.41) is 16.7. The topological polar surface area (TPSA) is 111 Å². The molecular formula is C25H30N8O. The molecule has 2 aliphatic carbocycles. The van der Waals surface area contributed by atoms with Gasteiger partial charge in [-0.25, -0.2) is 9.97 Å². The average molecular weight is 459 g/mol. The average Bonchev–Trinajstić information content (AvgIpc) is 3.63. The van der Waals surface area contributed by atoms with Crippen LogP contribution in [0.25, 0.3) is 0 Å². The number of nitrogens with zero attached hydrogens (tertiary/aromatic N) is 4. The van der Waals surface area contributed by atoms with Crippen LogP contribution in [0.1, 0.15) is 59.2 Å². The molecule has 9 nitrogen and oxygen atoms in total. The van der Waals surface area contributed by atoms with E-state index < -0.39 is 0 Å². The van der Waals surface area contributed by atoms with Crippen LogP contribution in [0.3, 0.4) is 0 Å². The molecular weight excluding hydrogens is 428 g/mol. The molecule has 0 bridgehead atoms. The fourth-order valence-electron chi connectivity index (χ4n) is 4.79. The highest BCUT2D eigenvalue weighted by Crippen LogP contribution is 2.40. The van der Waals surface area contributed by atoms with Crippen LogP contribution in [-0.2, 0) is 12.8 Å². The van der Waals surface area contributed by atoms with Gasteiger partial charge in [-0.05, 0) is 62.8 Å². The van der Waals surface area contributed by atoms with Crippen molar-refractivity contribution in [2.24, 2.45) is 0 Å². The Hall–Kier alpha value is -3.46. The van der Waals surface area contributed by atoms with Gasteiger partial charge in [0, 0.05) is 54.7 Å². The lowest BCUT2D eigenvalue weighted by Crippen LogP contribution is -2.43. The highest BCUT2D eigenvalue weighted by Gasteiger charge is 2.29. The molecule has 3 aliphatic rings. The molecule has 0 spiro atoms. The van der Waals surface area contributed by atoms with Gasteiger partial charge in [0.1, 0.15) is 17.3 Å². The first-order chi connectivity index (χ1) is 16.7. The SMILES string of the molecule is O=C(Nc1ccc(N2CCNCC2)cc1)c1[nH]ncc1Nc1nc(C2CC2)nc2c1CCCC2. The van der Waals surface area contributed by atoms with E-state index >= 15 is 0 Å². The van der Waals surface area contributed by atoms with Gasteiger partial charge >= 0.3 is 0 Å². The Morgan fingerprint density at radius 3 is 2.62 bits per heavy atom. The summed E-state index contributed by atoms with van der Waals surface area (Å²) < 4.78 is 0. The molecule has 1 saturated heterocycles. The van der Waals surface area contributed by atoms with Crippen LogP contribution in [-0.4, -0.2) is 52.3 Å². The number of hydrogen-bond donors (Lipinski definition) is 4. The van der Waals surface area contributed by atoms with Crippen LogP contribution in [0.4, 0.5) is 22.9 Å². The van der Waals surface area contributed by atoms with E-state index in [1.54, 1.807) is 6.20 Å². The number of hydrogen-bond acceptors (Lipinski definition) is 7.